The van der Waals surface area contributed by atoms with Crippen LogP contribution in [0.15, 0.2) is 55.0 Å². The minimum atomic E-state index is 0.625. The summed E-state index contributed by atoms with van der Waals surface area (Å²) in [5.41, 5.74) is 3.23. The third-order valence-electron chi connectivity index (χ3n) is 3.13. The molecule has 0 radical (unpaired) electrons. The molecule has 0 aliphatic heterocycles. The van der Waals surface area contributed by atoms with Crippen LogP contribution in [0.4, 0.5) is 5.95 Å². The minimum Gasteiger partial charge on any atom is -0.349 e. The second kappa shape index (κ2) is 6.10. The average Bonchev–Trinajstić information content (AvgIpc) is 2.55. The quantitative estimate of drug-likeness (QED) is 0.921. The van der Waals surface area contributed by atoms with Gasteiger partial charge in [0, 0.05) is 24.2 Å². The number of nitrogens with one attached hydrogen (secondary N) is 1. The minimum absolute atomic E-state index is 0.625. The summed E-state index contributed by atoms with van der Waals surface area (Å²) < 4.78 is 0. The van der Waals surface area contributed by atoms with Crippen LogP contribution in [0.25, 0.3) is 5.57 Å². The number of pyridine rings is 1. The van der Waals surface area contributed by atoms with Gasteiger partial charge >= 0.3 is 0 Å². The number of allylic oxidation sites excluding steroid dienone is 4. The summed E-state index contributed by atoms with van der Waals surface area (Å²) in [6.07, 6.45) is 14.2. The molecule has 20 heavy (non-hydrogen) atoms. The molecular weight excluding hydrogens is 248 g/mol. The fourth-order valence-corrected chi connectivity index (χ4v) is 2.07. The molecule has 0 fully saturated rings. The van der Waals surface area contributed by atoms with Gasteiger partial charge in [-0.05, 0) is 30.5 Å². The van der Waals surface area contributed by atoms with E-state index in [2.05, 4.69) is 38.5 Å². The second-order valence-corrected chi connectivity index (χ2v) is 4.61. The van der Waals surface area contributed by atoms with Crippen molar-refractivity contribution in [3.8, 4) is 0 Å². The lowest BCUT2D eigenvalue weighted by Gasteiger charge is -2.08. The highest BCUT2D eigenvalue weighted by molar-refractivity contribution is 5.73. The molecule has 0 saturated heterocycles. The Labute approximate surface area is 118 Å². The van der Waals surface area contributed by atoms with E-state index in [-0.39, 0.29) is 0 Å². The highest BCUT2D eigenvalue weighted by Gasteiger charge is 2.03. The van der Waals surface area contributed by atoms with E-state index in [1.165, 1.54) is 5.57 Å². The van der Waals surface area contributed by atoms with Crippen LogP contribution in [0.2, 0.25) is 0 Å². The summed E-state index contributed by atoms with van der Waals surface area (Å²) in [6.45, 7) is 0.628. The molecule has 4 nitrogen and oxygen atoms in total. The molecule has 1 aliphatic rings. The number of nitrogens with zero attached hydrogens (tertiary/aromatic N) is 3. The number of hydrogen-bond donors (Lipinski definition) is 1. The smallest absolute Gasteiger partial charge is 0.222 e. The van der Waals surface area contributed by atoms with Crippen molar-refractivity contribution in [2.24, 2.45) is 0 Å². The zero-order valence-electron chi connectivity index (χ0n) is 11.2. The largest absolute Gasteiger partial charge is 0.349 e. The lowest BCUT2D eigenvalue weighted by atomic mass is 10.0. The number of rotatable bonds is 4. The molecule has 100 valence electrons. The Morgan fingerprint density at radius 3 is 2.65 bits per heavy atom. The molecule has 0 atom stereocenters. The Bertz CT molecular complexity index is 615. The third-order valence-corrected chi connectivity index (χ3v) is 3.13. The van der Waals surface area contributed by atoms with Crippen molar-refractivity contribution in [1.82, 2.24) is 15.0 Å². The molecular formula is C16H16N4. The second-order valence-electron chi connectivity index (χ2n) is 4.61. The molecule has 0 amide bonds. The van der Waals surface area contributed by atoms with Crippen molar-refractivity contribution in [2.75, 3.05) is 5.32 Å². The first kappa shape index (κ1) is 12.5. The molecule has 0 spiro atoms. The van der Waals surface area contributed by atoms with E-state index >= 15 is 0 Å². The van der Waals surface area contributed by atoms with Crippen LogP contribution in [-0.4, -0.2) is 15.0 Å². The standard InChI is InChI=1S/C16H16N4/c1-2-6-13(7-3-1)14-10-18-16(19-11-14)20-12-15-8-4-5-9-17-15/h2,4-11H,1,3,12H2,(H,18,19,20). The van der Waals surface area contributed by atoms with Crippen LogP contribution in [0.3, 0.4) is 0 Å². The first-order valence-corrected chi connectivity index (χ1v) is 6.75. The van der Waals surface area contributed by atoms with E-state index in [1.807, 2.05) is 30.6 Å². The molecule has 0 aromatic carbocycles. The predicted octanol–water partition coefficient (Wildman–Crippen LogP) is 3.22. The van der Waals surface area contributed by atoms with Gasteiger partial charge in [-0.25, -0.2) is 9.97 Å². The van der Waals surface area contributed by atoms with Gasteiger partial charge in [0.2, 0.25) is 5.95 Å². The highest BCUT2D eigenvalue weighted by atomic mass is 15.1. The maximum absolute atomic E-state index is 4.34. The molecule has 2 heterocycles. The Kier molecular flexibility index (Phi) is 3.83. The SMILES string of the molecule is C1=CC(c2cnc(NCc3ccccn3)nc2)=CCC1. The van der Waals surface area contributed by atoms with Gasteiger partial charge in [0.05, 0.1) is 12.2 Å². The maximum atomic E-state index is 4.34. The van der Waals surface area contributed by atoms with Crippen molar-refractivity contribution < 1.29 is 0 Å². The Morgan fingerprint density at radius 1 is 1.05 bits per heavy atom. The van der Waals surface area contributed by atoms with Crippen molar-refractivity contribution in [2.45, 2.75) is 19.4 Å². The fourth-order valence-electron chi connectivity index (χ4n) is 2.07. The van der Waals surface area contributed by atoms with Gasteiger partial charge in [-0.3, -0.25) is 4.98 Å². The summed E-state index contributed by atoms with van der Waals surface area (Å²) >= 11 is 0. The predicted molar refractivity (Wildman–Crippen MR) is 79.9 cm³/mol. The normalized spacial score (nSPS) is 13.9. The van der Waals surface area contributed by atoms with Gasteiger partial charge in [-0.2, -0.15) is 0 Å². The van der Waals surface area contributed by atoms with Gasteiger partial charge in [-0.1, -0.05) is 24.3 Å². The van der Waals surface area contributed by atoms with Gasteiger partial charge in [-0.15, -0.1) is 0 Å². The lowest BCUT2D eigenvalue weighted by Crippen LogP contribution is -2.05. The monoisotopic (exact) mass is 264 g/mol. The van der Waals surface area contributed by atoms with Crippen molar-refractivity contribution >= 4 is 11.5 Å². The number of anilines is 1. The van der Waals surface area contributed by atoms with Crippen LogP contribution in [0.1, 0.15) is 24.1 Å². The van der Waals surface area contributed by atoms with Gasteiger partial charge in [0.15, 0.2) is 0 Å². The van der Waals surface area contributed by atoms with E-state index < -0.39 is 0 Å². The first-order chi connectivity index (χ1) is 9.92. The molecule has 1 N–H and O–H groups in total. The molecule has 0 unspecified atom stereocenters. The van der Waals surface area contributed by atoms with Gasteiger partial charge < -0.3 is 5.32 Å². The molecule has 2 aromatic heterocycles. The van der Waals surface area contributed by atoms with Crippen LogP contribution < -0.4 is 5.32 Å². The average molecular weight is 264 g/mol. The highest BCUT2D eigenvalue weighted by Crippen LogP contribution is 2.20. The van der Waals surface area contributed by atoms with E-state index in [0.717, 1.165) is 24.1 Å². The number of hydrogen-bond acceptors (Lipinski definition) is 4. The van der Waals surface area contributed by atoms with E-state index in [9.17, 15) is 0 Å². The molecule has 0 saturated carbocycles. The molecule has 1 aliphatic carbocycles. The number of aromatic nitrogens is 3. The van der Waals surface area contributed by atoms with Crippen LogP contribution in [-0.2, 0) is 6.54 Å². The Hall–Kier alpha value is -2.49. The zero-order valence-corrected chi connectivity index (χ0v) is 11.2. The fraction of sp³-hybridized carbons (Fsp3) is 0.188. The molecule has 3 rings (SSSR count). The Balaban J connectivity index is 1.64. The van der Waals surface area contributed by atoms with Crippen LogP contribution in [0.5, 0.6) is 0 Å². The van der Waals surface area contributed by atoms with Crippen molar-refractivity contribution in [3.63, 3.8) is 0 Å². The van der Waals surface area contributed by atoms with Gasteiger partial charge in [0.25, 0.3) is 0 Å². The third kappa shape index (κ3) is 3.09. The van der Waals surface area contributed by atoms with E-state index in [0.29, 0.717) is 12.5 Å². The first-order valence-electron chi connectivity index (χ1n) is 6.75. The lowest BCUT2D eigenvalue weighted by molar-refractivity contribution is 0.998. The molecule has 0 bridgehead atoms. The van der Waals surface area contributed by atoms with E-state index in [1.54, 1.807) is 6.20 Å². The molecule has 2 aromatic rings. The topological polar surface area (TPSA) is 50.7 Å². The van der Waals surface area contributed by atoms with Crippen LogP contribution >= 0.6 is 0 Å². The van der Waals surface area contributed by atoms with E-state index in [4.69, 9.17) is 0 Å². The molecule has 4 heteroatoms. The summed E-state index contributed by atoms with van der Waals surface area (Å²) in [4.78, 5) is 12.9. The van der Waals surface area contributed by atoms with Gasteiger partial charge in [0.1, 0.15) is 0 Å². The summed E-state index contributed by atoms with van der Waals surface area (Å²) in [5, 5.41) is 3.17. The summed E-state index contributed by atoms with van der Waals surface area (Å²) in [6, 6.07) is 5.84. The maximum Gasteiger partial charge on any atom is 0.222 e. The summed E-state index contributed by atoms with van der Waals surface area (Å²) in [7, 11) is 0. The zero-order chi connectivity index (χ0) is 13.6. The van der Waals surface area contributed by atoms with Crippen LogP contribution in [0, 0.1) is 0 Å². The van der Waals surface area contributed by atoms with Crippen molar-refractivity contribution in [3.05, 3.63) is 66.3 Å². The summed E-state index contributed by atoms with van der Waals surface area (Å²) in [5.74, 6) is 0.625. The Morgan fingerprint density at radius 2 is 1.95 bits per heavy atom. The van der Waals surface area contributed by atoms with Crippen molar-refractivity contribution in [1.29, 1.82) is 0 Å².